The summed E-state index contributed by atoms with van der Waals surface area (Å²) in [5, 5.41) is 10.8. The number of carbonyl (C=O) groups excluding carboxylic acids is 1. The second-order valence-corrected chi connectivity index (χ2v) is 7.97. The zero-order valence-electron chi connectivity index (χ0n) is 15.9. The van der Waals surface area contributed by atoms with Crippen molar-refractivity contribution in [3.8, 4) is 0 Å². The van der Waals surface area contributed by atoms with E-state index in [1.165, 1.54) is 0 Å². The smallest absolute Gasteiger partial charge is 0.410 e. The van der Waals surface area contributed by atoms with Crippen LogP contribution in [0.15, 0.2) is 24.3 Å². The average molecular weight is 385 g/mol. The van der Waals surface area contributed by atoms with Crippen molar-refractivity contribution in [3.63, 3.8) is 0 Å². The number of ether oxygens (including phenoxy) is 2. The summed E-state index contributed by atoms with van der Waals surface area (Å²) in [5.41, 5.74) is 0.398. The van der Waals surface area contributed by atoms with Gasteiger partial charge in [0.25, 0.3) is 0 Å². The number of β-amino-alcohol motifs (C(OH)–C–C–N with tert-alkyl or cyclic N) is 1. The largest absolute Gasteiger partial charge is 0.444 e. The second-order valence-electron chi connectivity index (χ2n) is 7.57. The van der Waals surface area contributed by atoms with Gasteiger partial charge in [-0.1, -0.05) is 29.8 Å². The molecule has 1 N–H and O–H groups in total. The summed E-state index contributed by atoms with van der Waals surface area (Å²) < 4.78 is 10.5. The third kappa shape index (κ3) is 5.84. The van der Waals surface area contributed by atoms with Gasteiger partial charge < -0.3 is 19.5 Å². The topological polar surface area (TPSA) is 62.2 Å². The van der Waals surface area contributed by atoms with Gasteiger partial charge in [0.1, 0.15) is 5.60 Å². The second kappa shape index (κ2) is 9.04. The molecule has 1 amide bonds. The van der Waals surface area contributed by atoms with E-state index in [-0.39, 0.29) is 18.7 Å². The number of methoxy groups -OCH3 is 1. The highest BCUT2D eigenvalue weighted by Gasteiger charge is 2.34. The molecule has 6 nitrogen and oxygen atoms in total. The van der Waals surface area contributed by atoms with E-state index in [2.05, 4.69) is 4.90 Å². The monoisotopic (exact) mass is 384 g/mol. The van der Waals surface area contributed by atoms with Crippen LogP contribution in [0, 0.1) is 0 Å². The summed E-state index contributed by atoms with van der Waals surface area (Å²) in [6, 6.07) is 7.49. The number of hydrogen-bond acceptors (Lipinski definition) is 5. The fourth-order valence-corrected chi connectivity index (χ4v) is 3.35. The minimum absolute atomic E-state index is 0.114. The van der Waals surface area contributed by atoms with E-state index in [1.807, 2.05) is 45.0 Å². The Labute approximate surface area is 160 Å². The van der Waals surface area contributed by atoms with Gasteiger partial charge in [-0.15, -0.1) is 0 Å². The van der Waals surface area contributed by atoms with Crippen molar-refractivity contribution in [2.45, 2.75) is 38.5 Å². The first-order valence-corrected chi connectivity index (χ1v) is 9.22. The van der Waals surface area contributed by atoms with Crippen molar-refractivity contribution in [2.75, 3.05) is 39.9 Å². The van der Waals surface area contributed by atoms with Crippen LogP contribution >= 0.6 is 11.6 Å². The van der Waals surface area contributed by atoms with Crippen molar-refractivity contribution in [1.29, 1.82) is 0 Å². The zero-order valence-corrected chi connectivity index (χ0v) is 16.7. The van der Waals surface area contributed by atoms with Gasteiger partial charge in [-0.3, -0.25) is 4.90 Å². The molecule has 0 aromatic heterocycles. The molecule has 1 fully saturated rings. The van der Waals surface area contributed by atoms with E-state index in [1.54, 1.807) is 12.0 Å². The summed E-state index contributed by atoms with van der Waals surface area (Å²) in [5.74, 6) is 0. The fraction of sp³-hybridized carbons (Fsp3) is 0.632. The first-order valence-electron chi connectivity index (χ1n) is 8.84. The van der Waals surface area contributed by atoms with E-state index >= 15 is 0 Å². The number of aliphatic hydroxyl groups excluding tert-OH is 1. The maximum atomic E-state index is 12.5. The lowest BCUT2D eigenvalue weighted by Crippen LogP contribution is -2.53. The van der Waals surface area contributed by atoms with Gasteiger partial charge in [-0.25, -0.2) is 4.79 Å². The molecule has 1 saturated heterocycles. The van der Waals surface area contributed by atoms with Crippen LogP contribution in [0.1, 0.15) is 32.4 Å². The zero-order chi connectivity index (χ0) is 19.3. The molecule has 0 spiro atoms. The number of amides is 1. The first kappa shape index (κ1) is 21.0. The van der Waals surface area contributed by atoms with Gasteiger partial charge in [-0.2, -0.15) is 0 Å². The maximum Gasteiger partial charge on any atom is 0.410 e. The molecule has 0 saturated carbocycles. The number of nitrogens with zero attached hydrogens (tertiary/aromatic N) is 2. The van der Waals surface area contributed by atoms with Crippen molar-refractivity contribution in [1.82, 2.24) is 9.80 Å². The minimum atomic E-state index is -0.599. The lowest BCUT2D eigenvalue weighted by molar-refractivity contribution is -0.0150. The summed E-state index contributed by atoms with van der Waals surface area (Å²) in [4.78, 5) is 16.3. The lowest BCUT2D eigenvalue weighted by atomic mass is 10.0. The van der Waals surface area contributed by atoms with Crippen molar-refractivity contribution < 1.29 is 19.4 Å². The van der Waals surface area contributed by atoms with Crippen LogP contribution in [0.2, 0.25) is 5.02 Å². The Balaban J connectivity index is 2.19. The molecule has 0 radical (unpaired) electrons. The molecule has 2 atom stereocenters. The minimum Gasteiger partial charge on any atom is -0.444 e. The number of halogens is 1. The number of piperazine rings is 1. The Bertz CT molecular complexity index is 605. The Morgan fingerprint density at radius 1 is 1.35 bits per heavy atom. The average Bonchev–Trinajstić information content (AvgIpc) is 2.54. The van der Waals surface area contributed by atoms with Crippen LogP contribution in [0.25, 0.3) is 0 Å². The molecular weight excluding hydrogens is 356 g/mol. The van der Waals surface area contributed by atoms with E-state index in [0.29, 0.717) is 31.2 Å². The van der Waals surface area contributed by atoms with Gasteiger partial charge in [0, 0.05) is 38.3 Å². The van der Waals surface area contributed by atoms with Gasteiger partial charge >= 0.3 is 6.09 Å². The number of benzene rings is 1. The normalized spacial score (nSPS) is 20.1. The Hall–Kier alpha value is -1.34. The summed E-state index contributed by atoms with van der Waals surface area (Å²) in [6.45, 7) is 7.90. The van der Waals surface area contributed by atoms with Gasteiger partial charge in [0.15, 0.2) is 0 Å². The standard InChI is InChI=1S/C19H29ClN2O4/c1-19(2,3)26-18(24)22-10-9-21(11-14(23)13-25-4)17(12-22)15-7-5-6-8-16(15)20/h5-8,14,17,23H,9-13H2,1-4H3/t14-,17-/m1/s1. The fourth-order valence-electron chi connectivity index (χ4n) is 3.09. The van der Waals surface area contributed by atoms with Crippen LogP contribution in [-0.2, 0) is 9.47 Å². The summed E-state index contributed by atoms with van der Waals surface area (Å²) in [6.07, 6.45) is -0.926. The lowest BCUT2D eigenvalue weighted by Gasteiger charge is -2.42. The van der Waals surface area contributed by atoms with Crippen LogP contribution < -0.4 is 0 Å². The van der Waals surface area contributed by atoms with Crippen LogP contribution in [0.5, 0.6) is 0 Å². The van der Waals surface area contributed by atoms with Gasteiger partial charge in [-0.05, 0) is 32.4 Å². The Kier molecular flexibility index (Phi) is 7.29. The third-order valence-electron chi connectivity index (χ3n) is 4.21. The van der Waals surface area contributed by atoms with E-state index in [4.69, 9.17) is 21.1 Å². The molecule has 7 heteroatoms. The van der Waals surface area contributed by atoms with Crippen LogP contribution in [0.3, 0.4) is 0 Å². The molecule has 1 aliphatic rings. The molecule has 26 heavy (non-hydrogen) atoms. The van der Waals surface area contributed by atoms with E-state index in [9.17, 15) is 9.90 Å². The molecule has 146 valence electrons. The maximum absolute atomic E-state index is 12.5. The highest BCUT2D eigenvalue weighted by Crippen LogP contribution is 2.31. The van der Waals surface area contributed by atoms with Crippen LogP contribution in [-0.4, -0.2) is 72.6 Å². The van der Waals surface area contributed by atoms with Crippen molar-refractivity contribution in [2.24, 2.45) is 0 Å². The quantitative estimate of drug-likeness (QED) is 0.845. The van der Waals surface area contributed by atoms with E-state index < -0.39 is 11.7 Å². The van der Waals surface area contributed by atoms with Crippen molar-refractivity contribution >= 4 is 17.7 Å². The molecule has 1 aromatic carbocycles. The molecule has 1 aromatic rings. The number of aliphatic hydroxyl groups is 1. The highest BCUT2D eigenvalue weighted by atomic mass is 35.5. The molecule has 1 heterocycles. The van der Waals surface area contributed by atoms with Gasteiger partial charge in [0.05, 0.1) is 18.8 Å². The first-order chi connectivity index (χ1) is 12.2. The highest BCUT2D eigenvalue weighted by molar-refractivity contribution is 6.31. The summed E-state index contributed by atoms with van der Waals surface area (Å²) >= 11 is 6.41. The predicted molar refractivity (Wildman–Crippen MR) is 101 cm³/mol. The SMILES string of the molecule is COC[C@H](O)CN1CCN(C(=O)OC(C)(C)C)C[C@@H]1c1ccccc1Cl. The van der Waals surface area contributed by atoms with Crippen molar-refractivity contribution in [3.05, 3.63) is 34.9 Å². The summed E-state index contributed by atoms with van der Waals surface area (Å²) in [7, 11) is 1.56. The predicted octanol–water partition coefficient (Wildman–Crippen LogP) is 2.94. The Morgan fingerprint density at radius 3 is 2.65 bits per heavy atom. The number of hydrogen-bond donors (Lipinski definition) is 1. The number of carbonyl (C=O) groups is 1. The molecule has 0 aliphatic carbocycles. The molecule has 2 rings (SSSR count). The van der Waals surface area contributed by atoms with Gasteiger partial charge in [0.2, 0.25) is 0 Å². The Morgan fingerprint density at radius 2 is 2.04 bits per heavy atom. The van der Waals surface area contributed by atoms with Crippen LogP contribution in [0.4, 0.5) is 4.79 Å². The molecule has 0 unspecified atom stereocenters. The molecule has 1 aliphatic heterocycles. The third-order valence-corrected chi connectivity index (χ3v) is 4.56. The molecular formula is C19H29ClN2O4. The van der Waals surface area contributed by atoms with E-state index in [0.717, 1.165) is 5.56 Å². The number of rotatable bonds is 5. The molecule has 0 bridgehead atoms.